The molecule has 1 saturated heterocycles. The summed E-state index contributed by atoms with van der Waals surface area (Å²) >= 11 is 0. The molecule has 0 radical (unpaired) electrons. The van der Waals surface area contributed by atoms with E-state index in [0.29, 0.717) is 29.0 Å². The highest BCUT2D eigenvalue weighted by Gasteiger charge is 2.45. The van der Waals surface area contributed by atoms with Gasteiger partial charge in [0, 0.05) is 23.5 Å². The molecule has 2 aromatic heterocycles. The van der Waals surface area contributed by atoms with Crippen LogP contribution in [-0.2, 0) is 28.3 Å². The number of benzene rings is 1. The van der Waals surface area contributed by atoms with Gasteiger partial charge in [-0.25, -0.2) is 9.18 Å². The summed E-state index contributed by atoms with van der Waals surface area (Å²) in [6.07, 6.45) is 1.86. The van der Waals surface area contributed by atoms with Crippen molar-refractivity contribution in [3.8, 4) is 11.3 Å². The van der Waals surface area contributed by atoms with Crippen molar-refractivity contribution in [3.63, 3.8) is 0 Å². The van der Waals surface area contributed by atoms with E-state index in [1.165, 1.54) is 16.7 Å². The number of pyridine rings is 2. The molecule has 1 fully saturated rings. The predicted molar refractivity (Wildman–Crippen MR) is 122 cm³/mol. The molecule has 1 aromatic carbocycles. The number of esters is 1. The molecule has 3 aliphatic rings. The molecule has 8 nitrogen and oxygen atoms in total. The van der Waals surface area contributed by atoms with E-state index in [0.717, 1.165) is 19.4 Å². The minimum Gasteiger partial charge on any atom is -0.458 e. The molecule has 3 aliphatic heterocycles. The van der Waals surface area contributed by atoms with E-state index in [4.69, 9.17) is 4.74 Å². The average molecular weight is 465 g/mol. The second-order valence-electron chi connectivity index (χ2n) is 9.29. The van der Waals surface area contributed by atoms with Gasteiger partial charge in [0.05, 0.1) is 34.6 Å². The van der Waals surface area contributed by atoms with Crippen LogP contribution in [0.15, 0.2) is 33.9 Å². The molecule has 0 saturated carbocycles. The maximum atomic E-state index is 14.2. The molecule has 2 N–H and O–H groups in total. The number of aliphatic hydroxyl groups is 1. The van der Waals surface area contributed by atoms with Crippen LogP contribution in [0.1, 0.15) is 49.0 Å². The van der Waals surface area contributed by atoms with E-state index < -0.39 is 22.9 Å². The molecule has 9 heteroatoms. The van der Waals surface area contributed by atoms with Crippen LogP contribution < -0.4 is 16.3 Å². The van der Waals surface area contributed by atoms with Crippen LogP contribution in [0.25, 0.3) is 22.2 Å². The third-order valence-corrected chi connectivity index (χ3v) is 7.51. The largest absolute Gasteiger partial charge is 0.458 e. The molecular weight excluding hydrogens is 441 g/mol. The highest BCUT2D eigenvalue weighted by molar-refractivity contribution is 5.88. The SMILES string of the molecule is CC[C@@]1(O)C(=O)OCc2c1cc1n(c2=O)Cc2c-1c(=O)c1cc(F)ccc1n2[C@H]1CCCNC1. The fourth-order valence-corrected chi connectivity index (χ4v) is 5.74. The normalized spacial score (nSPS) is 23.4. The number of ether oxygens (including phenoxy) is 1. The van der Waals surface area contributed by atoms with E-state index in [1.54, 1.807) is 19.1 Å². The van der Waals surface area contributed by atoms with Crippen molar-refractivity contribution in [2.24, 2.45) is 0 Å². The van der Waals surface area contributed by atoms with Crippen molar-refractivity contribution in [1.82, 2.24) is 14.5 Å². The zero-order valence-corrected chi connectivity index (χ0v) is 18.7. The van der Waals surface area contributed by atoms with Gasteiger partial charge in [-0.2, -0.15) is 0 Å². The van der Waals surface area contributed by atoms with E-state index in [9.17, 15) is 23.9 Å². The van der Waals surface area contributed by atoms with Gasteiger partial charge in [-0.1, -0.05) is 6.92 Å². The van der Waals surface area contributed by atoms with Gasteiger partial charge in [0.25, 0.3) is 5.56 Å². The number of nitrogens with zero attached hydrogens (tertiary/aromatic N) is 2. The minimum atomic E-state index is -1.96. The summed E-state index contributed by atoms with van der Waals surface area (Å²) in [7, 11) is 0. The summed E-state index contributed by atoms with van der Waals surface area (Å²) in [5, 5.41) is 14.7. The standard InChI is InChI=1S/C25H24FN3O5/c1-2-25(33)17-9-19-21-20(11-28(19)23(31)16(17)12-34-24(25)32)29(14-4-3-7-27-10-14)18-6-5-13(26)8-15(18)22(21)30/h5-6,8-9,14,27,33H,2-4,7,10-12H2,1H3/t14-,25-/m0/s1. The average Bonchev–Trinajstić information content (AvgIpc) is 3.23. The number of carbonyl (C=O) groups is 1. The minimum absolute atomic E-state index is 0.0233. The lowest BCUT2D eigenvalue weighted by atomic mass is 9.85. The summed E-state index contributed by atoms with van der Waals surface area (Å²) in [5.74, 6) is -1.32. The summed E-state index contributed by atoms with van der Waals surface area (Å²) in [6.45, 7) is 3.18. The Labute approximate surface area is 193 Å². The monoisotopic (exact) mass is 465 g/mol. The number of aromatic nitrogens is 2. The van der Waals surface area contributed by atoms with E-state index in [2.05, 4.69) is 9.88 Å². The maximum Gasteiger partial charge on any atom is 0.343 e. The van der Waals surface area contributed by atoms with Crippen LogP contribution in [0.4, 0.5) is 4.39 Å². The van der Waals surface area contributed by atoms with Crippen molar-refractivity contribution >= 4 is 16.9 Å². The van der Waals surface area contributed by atoms with E-state index in [1.807, 2.05) is 0 Å². The zero-order valence-electron chi connectivity index (χ0n) is 18.7. The van der Waals surface area contributed by atoms with Gasteiger partial charge in [0.2, 0.25) is 0 Å². The molecule has 2 atom stereocenters. The van der Waals surface area contributed by atoms with E-state index >= 15 is 0 Å². The van der Waals surface area contributed by atoms with Gasteiger partial charge in [-0.3, -0.25) is 9.59 Å². The quantitative estimate of drug-likeness (QED) is 0.439. The second-order valence-corrected chi connectivity index (χ2v) is 9.29. The molecule has 176 valence electrons. The van der Waals surface area contributed by atoms with Gasteiger partial charge < -0.3 is 24.3 Å². The highest BCUT2D eigenvalue weighted by Crippen LogP contribution is 2.39. The molecule has 0 bridgehead atoms. The summed E-state index contributed by atoms with van der Waals surface area (Å²) in [4.78, 5) is 39.6. The topological polar surface area (TPSA) is 103 Å². The summed E-state index contributed by atoms with van der Waals surface area (Å²) < 4.78 is 22.9. The highest BCUT2D eigenvalue weighted by atomic mass is 19.1. The third kappa shape index (κ3) is 2.74. The first kappa shape index (κ1) is 21.2. The lowest BCUT2D eigenvalue weighted by molar-refractivity contribution is -0.172. The van der Waals surface area contributed by atoms with Crippen molar-refractivity contribution in [2.45, 2.75) is 51.0 Å². The predicted octanol–water partition coefficient (Wildman–Crippen LogP) is 1.91. The Balaban J connectivity index is 1.69. The fraction of sp³-hybridized carbons (Fsp3) is 0.400. The van der Waals surface area contributed by atoms with Crippen molar-refractivity contribution in [3.05, 3.63) is 67.5 Å². The molecule has 0 amide bonds. The Morgan fingerprint density at radius 2 is 2.09 bits per heavy atom. The molecule has 0 spiro atoms. The Hall–Kier alpha value is -3.30. The first-order chi connectivity index (χ1) is 16.3. The first-order valence-corrected chi connectivity index (χ1v) is 11.6. The number of carbonyl (C=O) groups excluding carboxylic acids is 1. The number of fused-ring (bicyclic) bond motifs is 5. The Morgan fingerprint density at radius 1 is 1.26 bits per heavy atom. The number of hydrogen-bond acceptors (Lipinski definition) is 6. The van der Waals surface area contributed by atoms with Gasteiger partial charge in [-0.05, 0) is 50.1 Å². The zero-order chi connectivity index (χ0) is 23.8. The van der Waals surface area contributed by atoms with Crippen LogP contribution >= 0.6 is 0 Å². The lowest BCUT2D eigenvalue weighted by Crippen LogP contribution is -2.44. The van der Waals surface area contributed by atoms with Gasteiger partial charge in [0.1, 0.15) is 12.4 Å². The molecule has 0 aliphatic carbocycles. The molecule has 0 unspecified atom stereocenters. The number of halogens is 1. The smallest absolute Gasteiger partial charge is 0.343 e. The second kappa shape index (κ2) is 7.35. The van der Waals surface area contributed by atoms with Crippen molar-refractivity contribution < 1.29 is 19.0 Å². The van der Waals surface area contributed by atoms with Crippen molar-refractivity contribution in [2.75, 3.05) is 13.1 Å². The first-order valence-electron chi connectivity index (χ1n) is 11.6. The Bertz CT molecular complexity index is 1500. The van der Waals surface area contributed by atoms with Crippen molar-refractivity contribution in [1.29, 1.82) is 0 Å². The fourth-order valence-electron chi connectivity index (χ4n) is 5.74. The van der Waals surface area contributed by atoms with E-state index in [-0.39, 0.29) is 47.6 Å². The number of hydrogen-bond donors (Lipinski definition) is 2. The molecule has 5 heterocycles. The van der Waals surface area contributed by atoms with Gasteiger partial charge >= 0.3 is 5.97 Å². The third-order valence-electron chi connectivity index (χ3n) is 7.51. The summed E-state index contributed by atoms with van der Waals surface area (Å²) in [6, 6.07) is 5.82. The Kier molecular flexibility index (Phi) is 4.59. The van der Waals surface area contributed by atoms with Crippen LogP contribution in [0.3, 0.4) is 0 Å². The lowest BCUT2D eigenvalue weighted by Gasteiger charge is -2.31. The summed E-state index contributed by atoms with van der Waals surface area (Å²) in [5.41, 5.74) is -0.345. The van der Waals surface area contributed by atoms with Gasteiger partial charge in [-0.15, -0.1) is 0 Å². The number of cyclic esters (lactones) is 1. The van der Waals surface area contributed by atoms with Crippen LogP contribution in [-0.4, -0.2) is 33.3 Å². The number of nitrogens with one attached hydrogen (secondary N) is 1. The van der Waals surface area contributed by atoms with Gasteiger partial charge in [0.15, 0.2) is 11.0 Å². The van der Waals surface area contributed by atoms with Crippen LogP contribution in [0, 0.1) is 5.82 Å². The van der Waals surface area contributed by atoms with Crippen LogP contribution in [0.5, 0.6) is 0 Å². The number of piperidine rings is 1. The molecule has 6 rings (SSSR count). The molecular formula is C25H24FN3O5. The molecule has 34 heavy (non-hydrogen) atoms. The maximum absolute atomic E-state index is 14.2. The Morgan fingerprint density at radius 3 is 2.82 bits per heavy atom. The van der Waals surface area contributed by atoms with Crippen LogP contribution in [0.2, 0.25) is 0 Å². The number of rotatable bonds is 2. The molecule has 3 aromatic rings.